The summed E-state index contributed by atoms with van der Waals surface area (Å²) in [6.07, 6.45) is 6.04. The van der Waals surface area contributed by atoms with E-state index in [1.54, 1.807) is 42.9 Å². The SMILES string of the molecule is COc1ccccc1Oc1ccc(NC(=O)NCCCn2ccnc2)cc1F. The number of methoxy groups -OCH3 is 1. The molecule has 0 saturated carbocycles. The number of halogens is 1. The zero-order chi connectivity index (χ0) is 19.8. The van der Waals surface area contributed by atoms with Crippen molar-refractivity contribution in [2.45, 2.75) is 13.0 Å². The van der Waals surface area contributed by atoms with Gasteiger partial charge < -0.3 is 24.7 Å². The molecule has 0 spiro atoms. The summed E-state index contributed by atoms with van der Waals surface area (Å²) >= 11 is 0. The molecular formula is C20H21FN4O3. The van der Waals surface area contributed by atoms with Crippen LogP contribution >= 0.6 is 0 Å². The van der Waals surface area contributed by atoms with Gasteiger partial charge in [-0.1, -0.05) is 12.1 Å². The van der Waals surface area contributed by atoms with Gasteiger partial charge in [-0.05, 0) is 30.7 Å². The van der Waals surface area contributed by atoms with Crippen LogP contribution in [0.15, 0.2) is 61.2 Å². The highest BCUT2D eigenvalue weighted by Gasteiger charge is 2.10. The Bertz CT molecular complexity index is 916. The predicted octanol–water partition coefficient (Wildman–Crippen LogP) is 4.03. The van der Waals surface area contributed by atoms with Gasteiger partial charge in [0.05, 0.1) is 13.4 Å². The molecule has 7 nitrogen and oxygen atoms in total. The summed E-state index contributed by atoms with van der Waals surface area (Å²) in [6, 6.07) is 10.8. The van der Waals surface area contributed by atoms with Gasteiger partial charge in [-0.2, -0.15) is 0 Å². The minimum atomic E-state index is -0.594. The molecule has 0 aliphatic carbocycles. The van der Waals surface area contributed by atoms with E-state index in [2.05, 4.69) is 15.6 Å². The van der Waals surface area contributed by atoms with E-state index < -0.39 is 11.8 Å². The average molecular weight is 384 g/mol. The molecule has 3 aromatic rings. The van der Waals surface area contributed by atoms with Crippen LogP contribution in [0.5, 0.6) is 17.2 Å². The van der Waals surface area contributed by atoms with Crippen LogP contribution in [-0.2, 0) is 6.54 Å². The number of nitrogens with one attached hydrogen (secondary N) is 2. The van der Waals surface area contributed by atoms with Crippen molar-refractivity contribution in [2.75, 3.05) is 19.0 Å². The molecule has 146 valence electrons. The molecule has 2 amide bonds. The first-order valence-electron chi connectivity index (χ1n) is 8.77. The third-order valence-corrected chi connectivity index (χ3v) is 3.92. The Kier molecular flexibility index (Phi) is 6.46. The lowest BCUT2D eigenvalue weighted by molar-refractivity contribution is 0.252. The first-order valence-corrected chi connectivity index (χ1v) is 8.77. The number of ether oxygens (including phenoxy) is 2. The van der Waals surface area contributed by atoms with Gasteiger partial charge in [-0.3, -0.25) is 0 Å². The van der Waals surface area contributed by atoms with E-state index in [0.717, 1.165) is 13.0 Å². The van der Waals surface area contributed by atoms with Crippen LogP contribution in [-0.4, -0.2) is 29.2 Å². The lowest BCUT2D eigenvalue weighted by Gasteiger charge is -2.12. The number of carbonyl (C=O) groups is 1. The largest absolute Gasteiger partial charge is 0.493 e. The quantitative estimate of drug-likeness (QED) is 0.575. The number of aryl methyl sites for hydroxylation is 1. The molecule has 2 aromatic carbocycles. The van der Waals surface area contributed by atoms with Crippen molar-refractivity contribution in [2.24, 2.45) is 0 Å². The van der Waals surface area contributed by atoms with Gasteiger partial charge in [-0.15, -0.1) is 0 Å². The maximum absolute atomic E-state index is 14.3. The van der Waals surface area contributed by atoms with Crippen LogP contribution in [0.25, 0.3) is 0 Å². The number of urea groups is 1. The van der Waals surface area contributed by atoms with Gasteiger partial charge in [0.1, 0.15) is 0 Å². The number of para-hydroxylation sites is 2. The molecule has 0 atom stereocenters. The van der Waals surface area contributed by atoms with Crippen LogP contribution in [0.2, 0.25) is 0 Å². The highest BCUT2D eigenvalue weighted by atomic mass is 19.1. The molecule has 1 aromatic heterocycles. The number of carbonyl (C=O) groups excluding carboxylic acids is 1. The van der Waals surface area contributed by atoms with Crippen molar-refractivity contribution in [3.8, 4) is 17.2 Å². The number of imidazole rings is 1. The number of nitrogens with zero attached hydrogens (tertiary/aromatic N) is 2. The standard InChI is InChI=1S/C20H21FN4O3/c1-27-18-5-2-3-6-19(18)28-17-8-7-15(13-16(17)21)24-20(26)23-9-4-11-25-12-10-22-14-25/h2-3,5-8,10,12-14H,4,9,11H2,1H3,(H2,23,24,26). The molecule has 0 aliphatic rings. The average Bonchev–Trinajstić information content (AvgIpc) is 3.21. The van der Waals surface area contributed by atoms with Crippen molar-refractivity contribution in [1.29, 1.82) is 0 Å². The zero-order valence-corrected chi connectivity index (χ0v) is 15.4. The molecular weight excluding hydrogens is 363 g/mol. The van der Waals surface area contributed by atoms with Gasteiger partial charge >= 0.3 is 6.03 Å². The summed E-state index contributed by atoms with van der Waals surface area (Å²) in [5, 5.41) is 5.33. The Balaban J connectivity index is 1.51. The molecule has 3 rings (SSSR count). The van der Waals surface area contributed by atoms with Crippen molar-refractivity contribution >= 4 is 11.7 Å². The maximum atomic E-state index is 14.3. The Morgan fingerprint density at radius 1 is 1.18 bits per heavy atom. The van der Waals surface area contributed by atoms with Gasteiger partial charge in [0.2, 0.25) is 0 Å². The first-order chi connectivity index (χ1) is 13.7. The highest BCUT2D eigenvalue weighted by Crippen LogP contribution is 2.33. The summed E-state index contributed by atoms with van der Waals surface area (Å²) in [7, 11) is 1.51. The lowest BCUT2D eigenvalue weighted by Crippen LogP contribution is -2.30. The molecule has 0 fully saturated rings. The Morgan fingerprint density at radius 2 is 2.00 bits per heavy atom. The first kappa shape index (κ1) is 19.2. The van der Waals surface area contributed by atoms with E-state index in [9.17, 15) is 9.18 Å². The van der Waals surface area contributed by atoms with Gasteiger partial charge in [0.25, 0.3) is 0 Å². The van der Waals surface area contributed by atoms with Crippen LogP contribution in [0.3, 0.4) is 0 Å². The summed E-state index contributed by atoms with van der Waals surface area (Å²) in [5.41, 5.74) is 0.331. The number of amides is 2. The van der Waals surface area contributed by atoms with E-state index in [-0.39, 0.29) is 5.75 Å². The van der Waals surface area contributed by atoms with E-state index in [1.807, 2.05) is 10.8 Å². The van der Waals surface area contributed by atoms with E-state index in [1.165, 1.54) is 19.2 Å². The monoisotopic (exact) mass is 384 g/mol. The second kappa shape index (κ2) is 9.40. The molecule has 2 N–H and O–H groups in total. The second-order valence-corrected chi connectivity index (χ2v) is 5.93. The van der Waals surface area contributed by atoms with Crippen LogP contribution in [0.4, 0.5) is 14.9 Å². The fraction of sp³-hybridized carbons (Fsp3) is 0.200. The Morgan fingerprint density at radius 3 is 2.71 bits per heavy atom. The zero-order valence-electron chi connectivity index (χ0n) is 15.4. The van der Waals surface area contributed by atoms with Crippen LogP contribution < -0.4 is 20.1 Å². The highest BCUT2D eigenvalue weighted by molar-refractivity contribution is 5.89. The molecule has 8 heteroatoms. The number of hydrogen-bond acceptors (Lipinski definition) is 4. The molecule has 0 radical (unpaired) electrons. The maximum Gasteiger partial charge on any atom is 0.319 e. The number of rotatable bonds is 8. The summed E-state index contributed by atoms with van der Waals surface area (Å²) in [5.74, 6) is 0.346. The minimum Gasteiger partial charge on any atom is -0.493 e. The van der Waals surface area contributed by atoms with E-state index in [0.29, 0.717) is 23.7 Å². The Hall–Kier alpha value is -3.55. The number of benzene rings is 2. The fourth-order valence-corrected chi connectivity index (χ4v) is 2.54. The summed E-state index contributed by atoms with van der Waals surface area (Å²) in [6.45, 7) is 1.24. The van der Waals surface area contributed by atoms with Gasteiger partial charge in [-0.25, -0.2) is 14.2 Å². The Labute approximate surface area is 162 Å². The van der Waals surface area contributed by atoms with Gasteiger partial charge in [0, 0.05) is 37.2 Å². The van der Waals surface area contributed by atoms with Crippen molar-refractivity contribution in [1.82, 2.24) is 14.9 Å². The third-order valence-electron chi connectivity index (χ3n) is 3.92. The second-order valence-electron chi connectivity index (χ2n) is 5.93. The predicted molar refractivity (Wildman–Crippen MR) is 103 cm³/mol. The van der Waals surface area contributed by atoms with Crippen molar-refractivity contribution in [3.05, 3.63) is 67.0 Å². The third kappa shape index (κ3) is 5.23. The number of aromatic nitrogens is 2. The van der Waals surface area contributed by atoms with Crippen LogP contribution in [0.1, 0.15) is 6.42 Å². The van der Waals surface area contributed by atoms with Gasteiger partial charge in [0.15, 0.2) is 23.1 Å². The molecule has 0 saturated heterocycles. The van der Waals surface area contributed by atoms with Crippen molar-refractivity contribution in [3.63, 3.8) is 0 Å². The topological polar surface area (TPSA) is 77.4 Å². The number of anilines is 1. The molecule has 0 aliphatic heterocycles. The smallest absolute Gasteiger partial charge is 0.319 e. The van der Waals surface area contributed by atoms with Crippen LogP contribution in [0, 0.1) is 5.82 Å². The molecule has 1 heterocycles. The molecule has 28 heavy (non-hydrogen) atoms. The molecule has 0 unspecified atom stereocenters. The number of hydrogen-bond donors (Lipinski definition) is 2. The minimum absolute atomic E-state index is 0.0378. The summed E-state index contributed by atoms with van der Waals surface area (Å²) in [4.78, 5) is 15.9. The molecule has 0 bridgehead atoms. The lowest BCUT2D eigenvalue weighted by atomic mass is 10.2. The van der Waals surface area contributed by atoms with E-state index in [4.69, 9.17) is 9.47 Å². The van der Waals surface area contributed by atoms with Crippen molar-refractivity contribution < 1.29 is 18.7 Å². The fourth-order valence-electron chi connectivity index (χ4n) is 2.54. The summed E-state index contributed by atoms with van der Waals surface area (Å²) < 4.78 is 27.0. The normalized spacial score (nSPS) is 10.4. The van der Waals surface area contributed by atoms with E-state index >= 15 is 0 Å².